The van der Waals surface area contributed by atoms with Gasteiger partial charge in [-0.1, -0.05) is 42.3 Å². The maximum Gasteiger partial charge on any atom is 0.417 e. The molecule has 3 aromatic carbocycles. The van der Waals surface area contributed by atoms with Gasteiger partial charge >= 0.3 is 12.2 Å². The Morgan fingerprint density at radius 2 is 1.46 bits per heavy atom. The smallest absolute Gasteiger partial charge is 0.328 e. The number of nitrogens with one attached hydrogen (secondary N) is 1. The fourth-order valence-corrected chi connectivity index (χ4v) is 3.98. The molecule has 0 unspecified atom stereocenters. The van der Waals surface area contributed by atoms with Crippen LogP contribution in [-0.2, 0) is 6.18 Å². The van der Waals surface area contributed by atoms with Gasteiger partial charge in [0, 0.05) is 25.2 Å². The van der Waals surface area contributed by atoms with Crippen LogP contribution in [0.2, 0.25) is 5.02 Å². The number of unbranched alkanes of at least 4 members (excludes halogenated alkanes) is 1. The van der Waals surface area contributed by atoms with Crippen LogP contribution in [0.5, 0.6) is 0 Å². The van der Waals surface area contributed by atoms with Gasteiger partial charge in [-0.2, -0.15) is 13.2 Å². The summed E-state index contributed by atoms with van der Waals surface area (Å²) in [6.07, 6.45) is -2.62. The molecule has 9 heteroatoms. The summed E-state index contributed by atoms with van der Waals surface area (Å²) < 4.78 is 65.9. The molecule has 186 valence electrons. The molecule has 1 N–H and O–H groups in total. The highest BCUT2D eigenvalue weighted by Crippen LogP contribution is 2.36. The fraction of sp³-hybridized carbons (Fsp3) is 0.269. The average molecular weight is 511 g/mol. The van der Waals surface area contributed by atoms with E-state index in [0.717, 1.165) is 23.3 Å². The molecule has 0 aliphatic carbocycles. The molecule has 0 saturated heterocycles. The van der Waals surface area contributed by atoms with Gasteiger partial charge in [0.05, 0.1) is 10.6 Å². The lowest BCUT2D eigenvalue weighted by molar-refractivity contribution is -0.137. The molecular weight excluding hydrogens is 487 g/mol. The molecule has 0 aliphatic rings. The summed E-state index contributed by atoms with van der Waals surface area (Å²) in [5.74, 6) is -0.769. The van der Waals surface area contributed by atoms with Crippen molar-refractivity contribution in [3.63, 3.8) is 0 Å². The molecule has 0 fully saturated rings. The zero-order valence-electron chi connectivity index (χ0n) is 18.9. The topological polar surface area (TPSA) is 32.3 Å². The Morgan fingerprint density at radius 1 is 0.914 bits per heavy atom. The van der Waals surface area contributed by atoms with Crippen molar-refractivity contribution in [1.29, 1.82) is 0 Å². The van der Waals surface area contributed by atoms with E-state index < -0.39 is 22.8 Å². The van der Waals surface area contributed by atoms with E-state index in [2.05, 4.69) is 5.32 Å². The third-order valence-corrected chi connectivity index (χ3v) is 5.98. The standard InChI is InChI=1S/C26H24ClF5N2O/c1-34(25(35)33-21-13-14-24(27)23(16-21)26(30,31)32)15-3-2-4-22(17-5-9-19(28)10-6-17)18-7-11-20(29)12-8-18/h5-14,16,22H,2-4,15H2,1H3,(H,33,35). The van der Waals surface area contributed by atoms with Crippen molar-refractivity contribution >= 4 is 23.3 Å². The van der Waals surface area contributed by atoms with Gasteiger partial charge < -0.3 is 10.2 Å². The Labute approximate surface area is 205 Å². The minimum absolute atomic E-state index is 0.00809. The van der Waals surface area contributed by atoms with Crippen molar-refractivity contribution in [3.05, 3.63) is 100 Å². The van der Waals surface area contributed by atoms with Crippen molar-refractivity contribution in [1.82, 2.24) is 4.90 Å². The molecule has 0 aromatic heterocycles. The number of alkyl halides is 3. The van der Waals surface area contributed by atoms with E-state index in [0.29, 0.717) is 25.8 Å². The van der Waals surface area contributed by atoms with Gasteiger partial charge in [-0.05, 0) is 66.4 Å². The van der Waals surface area contributed by atoms with Crippen LogP contribution in [0.15, 0.2) is 66.7 Å². The molecule has 3 aromatic rings. The number of halogens is 6. The average Bonchev–Trinajstić information content (AvgIpc) is 2.81. The van der Waals surface area contributed by atoms with Crippen LogP contribution < -0.4 is 5.32 Å². The minimum atomic E-state index is -4.63. The molecule has 35 heavy (non-hydrogen) atoms. The number of amides is 2. The van der Waals surface area contributed by atoms with Crippen molar-refractivity contribution in [3.8, 4) is 0 Å². The van der Waals surface area contributed by atoms with Crippen LogP contribution in [-0.4, -0.2) is 24.5 Å². The van der Waals surface area contributed by atoms with E-state index in [1.165, 1.54) is 35.2 Å². The summed E-state index contributed by atoms with van der Waals surface area (Å²) in [6, 6.07) is 15.0. The lowest BCUT2D eigenvalue weighted by atomic mass is 9.87. The number of hydrogen-bond acceptors (Lipinski definition) is 1. The highest BCUT2D eigenvalue weighted by atomic mass is 35.5. The van der Waals surface area contributed by atoms with Crippen LogP contribution in [0.3, 0.4) is 0 Å². The lowest BCUT2D eigenvalue weighted by Gasteiger charge is -2.21. The lowest BCUT2D eigenvalue weighted by Crippen LogP contribution is -2.32. The third-order valence-electron chi connectivity index (χ3n) is 5.65. The van der Waals surface area contributed by atoms with E-state index in [1.807, 2.05) is 0 Å². The predicted octanol–water partition coefficient (Wildman–Crippen LogP) is 8.10. The fourth-order valence-electron chi connectivity index (χ4n) is 3.75. The summed E-state index contributed by atoms with van der Waals surface area (Å²) in [6.45, 7) is 0.366. The third kappa shape index (κ3) is 7.42. The minimum Gasteiger partial charge on any atom is -0.328 e. The van der Waals surface area contributed by atoms with Gasteiger partial charge in [-0.15, -0.1) is 0 Å². The van der Waals surface area contributed by atoms with E-state index in [-0.39, 0.29) is 23.2 Å². The Hall–Kier alpha value is -3.13. The van der Waals surface area contributed by atoms with Gasteiger partial charge in [0.1, 0.15) is 11.6 Å². The van der Waals surface area contributed by atoms with Gasteiger partial charge in [0.15, 0.2) is 0 Å². The van der Waals surface area contributed by atoms with E-state index >= 15 is 0 Å². The van der Waals surface area contributed by atoms with Gasteiger partial charge in [0.2, 0.25) is 0 Å². The van der Waals surface area contributed by atoms with Crippen LogP contribution in [0.1, 0.15) is 41.9 Å². The SMILES string of the molecule is CN(CCCCC(c1ccc(F)cc1)c1ccc(F)cc1)C(=O)Nc1ccc(Cl)c(C(F)(F)F)c1. The predicted molar refractivity (Wildman–Crippen MR) is 127 cm³/mol. The number of carbonyl (C=O) groups excluding carboxylic acids is 1. The van der Waals surface area contributed by atoms with E-state index in [1.54, 1.807) is 31.3 Å². The molecule has 0 atom stereocenters. The quantitative estimate of drug-likeness (QED) is 0.241. The molecule has 0 bridgehead atoms. The zero-order chi connectivity index (χ0) is 25.6. The van der Waals surface area contributed by atoms with Crippen LogP contribution >= 0.6 is 11.6 Å². The van der Waals surface area contributed by atoms with Crippen molar-refractivity contribution in [2.75, 3.05) is 18.9 Å². The number of anilines is 1. The number of benzene rings is 3. The van der Waals surface area contributed by atoms with Gasteiger partial charge in [-0.3, -0.25) is 0 Å². The van der Waals surface area contributed by atoms with Crippen molar-refractivity contribution < 1.29 is 26.7 Å². The first-order chi connectivity index (χ1) is 16.5. The maximum atomic E-state index is 13.4. The molecule has 0 saturated carbocycles. The highest BCUT2D eigenvalue weighted by molar-refractivity contribution is 6.31. The maximum absolute atomic E-state index is 13.4. The van der Waals surface area contributed by atoms with E-state index in [9.17, 15) is 26.7 Å². The highest BCUT2D eigenvalue weighted by Gasteiger charge is 2.33. The molecule has 2 amide bonds. The monoisotopic (exact) mass is 510 g/mol. The number of hydrogen-bond donors (Lipinski definition) is 1. The molecule has 0 heterocycles. The molecule has 0 aliphatic heterocycles. The first kappa shape index (κ1) is 26.5. The number of carbonyl (C=O) groups is 1. The first-order valence-corrected chi connectivity index (χ1v) is 11.3. The number of nitrogens with zero attached hydrogens (tertiary/aromatic N) is 1. The second kappa shape index (κ2) is 11.5. The summed E-state index contributed by atoms with van der Waals surface area (Å²) in [4.78, 5) is 13.8. The summed E-state index contributed by atoms with van der Waals surface area (Å²) in [5.41, 5.74) is 0.762. The van der Waals surface area contributed by atoms with Gasteiger partial charge in [-0.25, -0.2) is 13.6 Å². The van der Waals surface area contributed by atoms with Crippen LogP contribution in [0, 0.1) is 11.6 Å². The summed E-state index contributed by atoms with van der Waals surface area (Å²) in [5, 5.41) is 2.01. The Kier molecular flexibility index (Phi) is 8.72. The Morgan fingerprint density at radius 3 is 1.97 bits per heavy atom. The molecule has 0 spiro atoms. The second-order valence-corrected chi connectivity index (χ2v) is 8.60. The number of urea groups is 1. The van der Waals surface area contributed by atoms with Crippen molar-refractivity contribution in [2.24, 2.45) is 0 Å². The van der Waals surface area contributed by atoms with Gasteiger partial charge in [0.25, 0.3) is 0 Å². The molecule has 3 rings (SSSR count). The second-order valence-electron chi connectivity index (χ2n) is 8.20. The number of rotatable bonds is 8. The van der Waals surface area contributed by atoms with Crippen LogP contribution in [0.4, 0.5) is 32.4 Å². The largest absolute Gasteiger partial charge is 0.417 e. The zero-order valence-corrected chi connectivity index (χ0v) is 19.6. The molecule has 0 radical (unpaired) electrons. The van der Waals surface area contributed by atoms with Crippen LogP contribution in [0.25, 0.3) is 0 Å². The normalized spacial score (nSPS) is 11.5. The van der Waals surface area contributed by atoms with E-state index in [4.69, 9.17) is 11.6 Å². The summed E-state index contributed by atoms with van der Waals surface area (Å²) in [7, 11) is 1.55. The molecule has 3 nitrogen and oxygen atoms in total. The van der Waals surface area contributed by atoms with Crippen molar-refractivity contribution in [2.45, 2.75) is 31.4 Å². The Balaban J connectivity index is 1.57. The Bertz CT molecular complexity index is 1090. The molecular formula is C26H24ClF5N2O. The summed E-state index contributed by atoms with van der Waals surface area (Å²) >= 11 is 5.61. The first-order valence-electron chi connectivity index (χ1n) is 10.9.